The van der Waals surface area contributed by atoms with Crippen LogP contribution in [0.1, 0.15) is 11.1 Å². The number of allylic oxidation sites excluding steroid dienone is 2. The molecular formula is C17H12Br2O5. The molecular weight excluding hydrogens is 444 g/mol. The van der Waals surface area contributed by atoms with Gasteiger partial charge in [0.15, 0.2) is 28.8 Å². The second-order valence-corrected chi connectivity index (χ2v) is 6.50. The lowest BCUT2D eigenvalue weighted by atomic mass is 10.1. The number of aromatic hydroxyl groups is 4. The van der Waals surface area contributed by atoms with E-state index < -0.39 is 0 Å². The molecule has 0 heterocycles. The smallest absolute Gasteiger partial charge is 0.178 e. The number of hydrogen-bond acceptors (Lipinski definition) is 5. The number of benzene rings is 2. The maximum Gasteiger partial charge on any atom is 0.178 e. The van der Waals surface area contributed by atoms with Gasteiger partial charge in [-0.3, -0.25) is 4.79 Å². The molecule has 0 saturated carbocycles. The summed E-state index contributed by atoms with van der Waals surface area (Å²) < 4.78 is 1.05. The molecule has 4 N–H and O–H groups in total. The van der Waals surface area contributed by atoms with Crippen molar-refractivity contribution < 1.29 is 25.2 Å². The van der Waals surface area contributed by atoms with Crippen LogP contribution in [-0.2, 0) is 4.79 Å². The Morgan fingerprint density at radius 1 is 0.708 bits per heavy atom. The molecule has 0 spiro atoms. The van der Waals surface area contributed by atoms with Crippen molar-refractivity contribution >= 4 is 49.8 Å². The van der Waals surface area contributed by atoms with E-state index in [1.807, 2.05) is 0 Å². The first-order valence-corrected chi connectivity index (χ1v) is 8.19. The van der Waals surface area contributed by atoms with Crippen molar-refractivity contribution in [3.63, 3.8) is 0 Å². The Labute approximate surface area is 154 Å². The van der Waals surface area contributed by atoms with Gasteiger partial charge in [-0.1, -0.05) is 31.9 Å². The van der Waals surface area contributed by atoms with Gasteiger partial charge in [-0.05, 0) is 59.7 Å². The van der Waals surface area contributed by atoms with Crippen LogP contribution in [0.15, 0.2) is 45.4 Å². The Morgan fingerprint density at radius 2 is 1.04 bits per heavy atom. The maximum absolute atomic E-state index is 11.9. The van der Waals surface area contributed by atoms with Crippen LogP contribution < -0.4 is 0 Å². The predicted molar refractivity (Wildman–Crippen MR) is 98.0 cm³/mol. The molecule has 24 heavy (non-hydrogen) atoms. The van der Waals surface area contributed by atoms with Crippen LogP contribution >= 0.6 is 31.9 Å². The second-order valence-electron chi connectivity index (χ2n) is 4.79. The summed E-state index contributed by atoms with van der Waals surface area (Å²) in [7, 11) is 0. The topological polar surface area (TPSA) is 98.0 Å². The molecule has 5 nitrogen and oxygen atoms in total. The Morgan fingerprint density at radius 3 is 1.42 bits per heavy atom. The van der Waals surface area contributed by atoms with E-state index in [-0.39, 0.29) is 28.8 Å². The maximum atomic E-state index is 11.9. The van der Waals surface area contributed by atoms with Gasteiger partial charge in [0.1, 0.15) is 0 Å². The Kier molecular flexibility index (Phi) is 5.69. The first-order valence-electron chi connectivity index (χ1n) is 6.61. The van der Waals surface area contributed by atoms with Gasteiger partial charge in [0.05, 0.1) is 0 Å². The zero-order chi connectivity index (χ0) is 17.9. The number of carbonyl (C=O) groups is 1. The van der Waals surface area contributed by atoms with E-state index in [2.05, 4.69) is 31.9 Å². The fraction of sp³-hybridized carbons (Fsp3) is 0. The fourth-order valence-electron chi connectivity index (χ4n) is 1.79. The van der Waals surface area contributed by atoms with E-state index in [0.717, 1.165) is 0 Å². The van der Waals surface area contributed by atoms with E-state index in [0.29, 0.717) is 20.1 Å². The first kappa shape index (κ1) is 18.1. The third-order valence-electron chi connectivity index (χ3n) is 3.04. The van der Waals surface area contributed by atoms with Crippen LogP contribution in [0.3, 0.4) is 0 Å². The van der Waals surface area contributed by atoms with Gasteiger partial charge in [0, 0.05) is 8.95 Å². The highest BCUT2D eigenvalue weighted by Crippen LogP contribution is 2.33. The number of phenolic OH excluding ortho intramolecular Hbond substituents is 4. The van der Waals surface area contributed by atoms with E-state index >= 15 is 0 Å². The molecule has 0 amide bonds. The second kappa shape index (κ2) is 7.55. The van der Waals surface area contributed by atoms with Crippen LogP contribution in [0.2, 0.25) is 0 Å². The molecule has 0 saturated heterocycles. The van der Waals surface area contributed by atoms with Gasteiger partial charge in [-0.25, -0.2) is 0 Å². The molecule has 0 atom stereocenters. The third-order valence-corrected chi connectivity index (χ3v) is 4.42. The summed E-state index contributed by atoms with van der Waals surface area (Å²) in [5.74, 6) is -1.42. The summed E-state index contributed by atoms with van der Waals surface area (Å²) in [6.07, 6.45) is 5.56. The molecule has 0 aliphatic heterocycles. The standard InChI is InChI=1S/C17H12Br2O5/c18-12-7-16(23)14(21)5-9(12)1-3-11(20)4-2-10-6-15(22)17(24)8-13(10)19/h1-8,21-24H. The fourth-order valence-corrected chi connectivity index (χ4v) is 2.72. The monoisotopic (exact) mass is 454 g/mol. The highest BCUT2D eigenvalue weighted by Gasteiger charge is 2.06. The van der Waals surface area contributed by atoms with Crippen molar-refractivity contribution in [1.29, 1.82) is 0 Å². The van der Waals surface area contributed by atoms with Gasteiger partial charge in [0.2, 0.25) is 0 Å². The minimum atomic E-state index is -0.325. The molecule has 2 aromatic carbocycles. The summed E-state index contributed by atoms with van der Waals surface area (Å²) in [6.45, 7) is 0. The van der Waals surface area contributed by atoms with Crippen molar-refractivity contribution in [3.8, 4) is 23.0 Å². The Hall–Kier alpha value is -2.25. The molecule has 0 aromatic heterocycles. The highest BCUT2D eigenvalue weighted by atomic mass is 79.9. The zero-order valence-corrected chi connectivity index (χ0v) is 15.2. The number of rotatable bonds is 4. The first-order chi connectivity index (χ1) is 11.3. The quantitative estimate of drug-likeness (QED) is 0.406. The van der Waals surface area contributed by atoms with Gasteiger partial charge < -0.3 is 20.4 Å². The van der Waals surface area contributed by atoms with Crippen LogP contribution in [0.4, 0.5) is 0 Å². The minimum absolute atomic E-state index is 0.262. The molecule has 0 fully saturated rings. The van der Waals surface area contributed by atoms with Crippen molar-refractivity contribution in [2.24, 2.45) is 0 Å². The highest BCUT2D eigenvalue weighted by molar-refractivity contribution is 9.10. The molecule has 0 radical (unpaired) electrons. The lowest BCUT2D eigenvalue weighted by Gasteiger charge is -2.02. The largest absolute Gasteiger partial charge is 0.504 e. The Bertz CT molecular complexity index is 787. The van der Waals surface area contributed by atoms with Crippen LogP contribution in [-0.4, -0.2) is 26.2 Å². The third kappa shape index (κ3) is 4.39. The zero-order valence-electron chi connectivity index (χ0n) is 12.1. The number of carbonyl (C=O) groups excluding carboxylic acids is 1. The molecule has 2 rings (SSSR count). The lowest BCUT2D eigenvalue weighted by molar-refractivity contribution is -0.110. The molecule has 7 heteroatoms. The number of phenols is 4. The minimum Gasteiger partial charge on any atom is -0.504 e. The Balaban J connectivity index is 2.16. The molecule has 0 bridgehead atoms. The molecule has 0 aliphatic rings. The van der Waals surface area contributed by atoms with E-state index in [9.17, 15) is 25.2 Å². The van der Waals surface area contributed by atoms with Crippen LogP contribution in [0, 0.1) is 0 Å². The SMILES string of the molecule is O=C(C=Cc1cc(O)c(O)cc1Br)C=Cc1cc(O)c(O)cc1Br. The van der Waals surface area contributed by atoms with Crippen LogP contribution in [0.25, 0.3) is 12.2 Å². The van der Waals surface area contributed by atoms with Crippen molar-refractivity contribution in [2.45, 2.75) is 0 Å². The summed E-state index contributed by atoms with van der Waals surface area (Å²) in [4.78, 5) is 11.9. The average molecular weight is 456 g/mol. The van der Waals surface area contributed by atoms with E-state index in [4.69, 9.17) is 0 Å². The van der Waals surface area contributed by atoms with Crippen molar-refractivity contribution in [3.05, 3.63) is 56.5 Å². The number of ketones is 1. The summed E-state index contributed by atoms with van der Waals surface area (Å²) in [5, 5.41) is 37.6. The molecule has 124 valence electrons. The molecule has 2 aromatic rings. The van der Waals surface area contributed by atoms with Crippen LogP contribution in [0.5, 0.6) is 23.0 Å². The van der Waals surface area contributed by atoms with Crippen molar-refractivity contribution in [1.82, 2.24) is 0 Å². The molecule has 0 aliphatic carbocycles. The van der Waals surface area contributed by atoms with Gasteiger partial charge in [0.25, 0.3) is 0 Å². The summed E-state index contributed by atoms with van der Waals surface area (Å²) >= 11 is 6.44. The number of halogens is 2. The number of hydrogen-bond donors (Lipinski definition) is 4. The lowest BCUT2D eigenvalue weighted by Crippen LogP contribution is -1.86. The van der Waals surface area contributed by atoms with E-state index in [1.54, 1.807) is 0 Å². The van der Waals surface area contributed by atoms with Crippen molar-refractivity contribution in [2.75, 3.05) is 0 Å². The summed E-state index contributed by atoms with van der Waals surface area (Å²) in [6, 6.07) is 5.29. The van der Waals surface area contributed by atoms with Gasteiger partial charge >= 0.3 is 0 Å². The van der Waals surface area contributed by atoms with E-state index in [1.165, 1.54) is 48.6 Å². The average Bonchev–Trinajstić information content (AvgIpc) is 2.51. The predicted octanol–water partition coefficient (Wildman–Crippen LogP) is 4.33. The molecule has 0 unspecified atom stereocenters. The van der Waals surface area contributed by atoms with Gasteiger partial charge in [-0.2, -0.15) is 0 Å². The van der Waals surface area contributed by atoms with Gasteiger partial charge in [-0.15, -0.1) is 0 Å². The summed E-state index contributed by atoms with van der Waals surface area (Å²) in [5.41, 5.74) is 1.05. The normalized spacial score (nSPS) is 11.4.